The maximum Gasteiger partial charge on any atom is 0.172 e. The Labute approximate surface area is 257 Å². The molecule has 1 aliphatic heterocycles. The summed E-state index contributed by atoms with van der Waals surface area (Å²) >= 11 is 0. The van der Waals surface area contributed by atoms with Crippen molar-refractivity contribution in [1.29, 1.82) is 15.8 Å². The number of allylic oxidation sites excluding steroid dienone is 2. The number of nitriles is 3. The van der Waals surface area contributed by atoms with Gasteiger partial charge in [0.15, 0.2) is 11.3 Å². The molecule has 222 valence electrons. The lowest BCUT2D eigenvalue weighted by molar-refractivity contribution is 0.0954. The van der Waals surface area contributed by atoms with Gasteiger partial charge in [-0.15, -0.1) is 0 Å². The van der Waals surface area contributed by atoms with Crippen LogP contribution in [-0.2, 0) is 4.74 Å². The van der Waals surface area contributed by atoms with Crippen molar-refractivity contribution in [3.05, 3.63) is 86.7 Å². The van der Waals surface area contributed by atoms with Crippen LogP contribution in [-0.4, -0.2) is 25.8 Å². The van der Waals surface area contributed by atoms with Crippen molar-refractivity contribution in [3.63, 3.8) is 0 Å². The van der Waals surface area contributed by atoms with Crippen LogP contribution in [0.4, 0.5) is 5.69 Å². The first-order chi connectivity index (χ1) is 20.6. The highest BCUT2D eigenvalue weighted by molar-refractivity contribution is 5.77. The molecule has 0 atom stereocenters. The molecule has 43 heavy (non-hydrogen) atoms. The molecule has 0 saturated heterocycles. The first-order valence-electron chi connectivity index (χ1n) is 14.9. The van der Waals surface area contributed by atoms with Gasteiger partial charge in [0.05, 0.1) is 7.11 Å². The van der Waals surface area contributed by atoms with E-state index in [0.717, 1.165) is 46.7 Å². The smallest absolute Gasteiger partial charge is 0.172 e. The van der Waals surface area contributed by atoms with Crippen molar-refractivity contribution in [2.75, 3.05) is 25.1 Å². The highest BCUT2D eigenvalue weighted by atomic mass is 16.5. The maximum absolute atomic E-state index is 9.82. The maximum atomic E-state index is 9.82. The molecule has 0 aliphatic carbocycles. The van der Waals surface area contributed by atoms with Gasteiger partial charge in [-0.1, -0.05) is 63.1 Å². The molecule has 0 aromatic heterocycles. The van der Waals surface area contributed by atoms with E-state index in [1.807, 2.05) is 38.1 Å². The van der Waals surface area contributed by atoms with E-state index in [-0.39, 0.29) is 16.9 Å². The lowest BCUT2D eigenvalue weighted by Crippen LogP contribution is -2.25. The van der Waals surface area contributed by atoms with E-state index >= 15 is 0 Å². The lowest BCUT2D eigenvalue weighted by Gasteiger charge is -2.25. The van der Waals surface area contributed by atoms with Gasteiger partial charge in [0, 0.05) is 36.0 Å². The Morgan fingerprint density at radius 2 is 1.42 bits per heavy atom. The summed E-state index contributed by atoms with van der Waals surface area (Å²) in [5, 5.41) is 28.5. The third kappa shape index (κ3) is 7.77. The van der Waals surface area contributed by atoms with Gasteiger partial charge in [-0.2, -0.15) is 15.8 Å². The number of rotatable bonds is 12. The van der Waals surface area contributed by atoms with Crippen molar-refractivity contribution in [1.82, 2.24) is 0 Å². The Kier molecular flexibility index (Phi) is 11.4. The van der Waals surface area contributed by atoms with Crippen LogP contribution >= 0.6 is 0 Å². The van der Waals surface area contributed by atoms with E-state index in [4.69, 9.17) is 9.47 Å². The summed E-state index contributed by atoms with van der Waals surface area (Å²) in [4.78, 5) is 2.46. The fourth-order valence-electron chi connectivity index (χ4n) is 5.16. The van der Waals surface area contributed by atoms with Crippen molar-refractivity contribution < 1.29 is 9.47 Å². The van der Waals surface area contributed by atoms with Crippen LogP contribution in [0.25, 0.3) is 18.2 Å². The Bertz CT molecular complexity index is 1560. The average Bonchev–Trinajstić information content (AvgIpc) is 3.26. The zero-order valence-corrected chi connectivity index (χ0v) is 26.5. The third-order valence-electron chi connectivity index (χ3n) is 7.74. The largest absolute Gasteiger partial charge is 0.496 e. The zero-order valence-electron chi connectivity index (χ0n) is 26.5. The Hall–Kier alpha value is -4.73. The monoisotopic (exact) mass is 574 g/mol. The standard InChI is InChI=1S/C37H42N4O2/c1-8-10-18-41(19-11-9-2)32-16-14-28(35(22-32)42-7)12-13-29-20-27(4)30(21-26(29)3)15-17-34-33(25-40)36(31(23-38)24-39)43-37(34,5)6/h12-17,20-22H,8-11,18-19H2,1-7H3. The summed E-state index contributed by atoms with van der Waals surface area (Å²) in [6.07, 6.45) is 12.7. The molecular formula is C37H42N4O2. The number of unbranched alkanes of at least 4 members (excludes halogenated alkanes) is 2. The minimum Gasteiger partial charge on any atom is -0.496 e. The van der Waals surface area contributed by atoms with Crippen LogP contribution in [0.3, 0.4) is 0 Å². The van der Waals surface area contributed by atoms with Gasteiger partial charge in [0.25, 0.3) is 0 Å². The third-order valence-corrected chi connectivity index (χ3v) is 7.74. The molecule has 0 bridgehead atoms. The fourth-order valence-corrected chi connectivity index (χ4v) is 5.16. The van der Waals surface area contributed by atoms with E-state index in [2.05, 4.69) is 81.1 Å². The second-order valence-corrected chi connectivity index (χ2v) is 11.3. The summed E-state index contributed by atoms with van der Waals surface area (Å²) in [6.45, 7) is 14.3. The number of anilines is 1. The molecule has 1 aliphatic rings. The molecular weight excluding hydrogens is 532 g/mol. The number of hydrogen-bond acceptors (Lipinski definition) is 6. The number of hydrogen-bond donors (Lipinski definition) is 0. The summed E-state index contributed by atoms with van der Waals surface area (Å²) in [5.41, 5.74) is 6.32. The van der Waals surface area contributed by atoms with E-state index in [1.54, 1.807) is 7.11 Å². The van der Waals surface area contributed by atoms with Crippen molar-refractivity contribution in [2.45, 2.75) is 72.8 Å². The summed E-state index contributed by atoms with van der Waals surface area (Å²) in [6, 6.07) is 16.5. The molecule has 2 aromatic rings. The fraction of sp³-hybridized carbons (Fsp3) is 0.378. The zero-order chi connectivity index (χ0) is 31.6. The number of aryl methyl sites for hydroxylation is 2. The molecule has 1 heterocycles. The highest BCUT2D eigenvalue weighted by Gasteiger charge is 2.38. The Morgan fingerprint density at radius 1 is 0.860 bits per heavy atom. The number of nitrogens with zero attached hydrogens (tertiary/aromatic N) is 4. The predicted molar refractivity (Wildman–Crippen MR) is 175 cm³/mol. The van der Waals surface area contributed by atoms with E-state index in [1.165, 1.54) is 31.4 Å². The van der Waals surface area contributed by atoms with Crippen LogP contribution in [0.15, 0.2) is 58.9 Å². The van der Waals surface area contributed by atoms with Gasteiger partial charge >= 0.3 is 0 Å². The summed E-state index contributed by atoms with van der Waals surface area (Å²) in [7, 11) is 1.72. The van der Waals surface area contributed by atoms with Crippen LogP contribution in [0.5, 0.6) is 5.75 Å². The molecule has 6 heteroatoms. The van der Waals surface area contributed by atoms with E-state index in [0.29, 0.717) is 5.57 Å². The first kappa shape index (κ1) is 32.8. The van der Waals surface area contributed by atoms with Crippen molar-refractivity contribution in [2.24, 2.45) is 0 Å². The molecule has 6 nitrogen and oxygen atoms in total. The molecule has 0 radical (unpaired) electrons. The van der Waals surface area contributed by atoms with Gasteiger partial charge in [0.2, 0.25) is 0 Å². The van der Waals surface area contributed by atoms with Crippen LogP contribution < -0.4 is 9.64 Å². The molecule has 0 saturated carbocycles. The number of methoxy groups -OCH3 is 1. The van der Waals surface area contributed by atoms with Crippen LogP contribution in [0, 0.1) is 47.8 Å². The summed E-state index contributed by atoms with van der Waals surface area (Å²) in [5.74, 6) is 0.900. The summed E-state index contributed by atoms with van der Waals surface area (Å²) < 4.78 is 11.7. The van der Waals surface area contributed by atoms with Crippen molar-refractivity contribution in [3.8, 4) is 24.0 Å². The minimum absolute atomic E-state index is 0.0450. The topological polar surface area (TPSA) is 93.1 Å². The van der Waals surface area contributed by atoms with Gasteiger partial charge in [-0.05, 0) is 74.9 Å². The van der Waals surface area contributed by atoms with Crippen LogP contribution in [0.2, 0.25) is 0 Å². The normalized spacial score (nSPS) is 14.0. The number of ether oxygens (including phenoxy) is 2. The first-order valence-corrected chi connectivity index (χ1v) is 14.9. The highest BCUT2D eigenvalue weighted by Crippen LogP contribution is 2.40. The van der Waals surface area contributed by atoms with Crippen molar-refractivity contribution >= 4 is 23.9 Å². The Morgan fingerprint density at radius 3 is 1.93 bits per heavy atom. The van der Waals surface area contributed by atoms with Gasteiger partial charge in [-0.3, -0.25) is 0 Å². The lowest BCUT2D eigenvalue weighted by atomic mass is 9.93. The van der Waals surface area contributed by atoms with Gasteiger partial charge < -0.3 is 14.4 Å². The molecule has 3 rings (SSSR count). The quantitative estimate of drug-likeness (QED) is 0.186. The Balaban J connectivity index is 1.90. The molecule has 0 spiro atoms. The number of benzene rings is 2. The molecule has 2 aromatic carbocycles. The molecule has 0 N–H and O–H groups in total. The van der Waals surface area contributed by atoms with Gasteiger partial charge in [0.1, 0.15) is 35.1 Å². The van der Waals surface area contributed by atoms with E-state index in [9.17, 15) is 15.8 Å². The van der Waals surface area contributed by atoms with E-state index < -0.39 is 5.60 Å². The second kappa shape index (κ2) is 14.9. The predicted octanol–water partition coefficient (Wildman–Crippen LogP) is 8.83. The second-order valence-electron chi connectivity index (χ2n) is 11.3. The molecule has 0 amide bonds. The minimum atomic E-state index is -0.848. The van der Waals surface area contributed by atoms with Crippen LogP contribution in [0.1, 0.15) is 81.2 Å². The SMILES string of the molecule is CCCCN(CCCC)c1ccc(C=Cc2cc(C)c(C=CC3=C(C#N)C(=C(C#N)C#N)OC3(C)C)cc2C)c(OC)c1. The molecule has 0 unspecified atom stereocenters. The molecule has 0 fully saturated rings. The van der Waals surface area contributed by atoms with Gasteiger partial charge in [-0.25, -0.2) is 0 Å². The average molecular weight is 575 g/mol.